The van der Waals surface area contributed by atoms with Crippen LogP contribution in [0.4, 0.5) is 0 Å². The Balaban J connectivity index is 1.79. The van der Waals surface area contributed by atoms with Gasteiger partial charge in [0.2, 0.25) is 5.90 Å². The fourth-order valence-corrected chi connectivity index (χ4v) is 1.90. The summed E-state index contributed by atoms with van der Waals surface area (Å²) in [4.78, 5) is 15.5. The SMILES string of the molecule is O=C1N=C(OCc2ccccc2)c2ccccc21. The molecular weight excluding hydrogens is 226 g/mol. The molecule has 0 aliphatic carbocycles. The van der Waals surface area contributed by atoms with Gasteiger partial charge < -0.3 is 4.74 Å². The summed E-state index contributed by atoms with van der Waals surface area (Å²) < 4.78 is 5.62. The van der Waals surface area contributed by atoms with Crippen LogP contribution in [0.5, 0.6) is 0 Å². The van der Waals surface area contributed by atoms with Crippen molar-refractivity contribution in [2.75, 3.05) is 0 Å². The van der Waals surface area contributed by atoms with E-state index in [0.29, 0.717) is 18.1 Å². The second-order valence-electron chi connectivity index (χ2n) is 4.04. The van der Waals surface area contributed by atoms with E-state index in [-0.39, 0.29) is 5.91 Å². The van der Waals surface area contributed by atoms with Crippen molar-refractivity contribution in [3.63, 3.8) is 0 Å². The van der Waals surface area contributed by atoms with Gasteiger partial charge in [-0.05, 0) is 17.7 Å². The number of aliphatic imine (C=N–C) groups is 1. The molecule has 0 unspecified atom stereocenters. The number of ether oxygens (including phenoxy) is 1. The summed E-state index contributed by atoms with van der Waals surface area (Å²) >= 11 is 0. The first kappa shape index (κ1) is 10.7. The van der Waals surface area contributed by atoms with Gasteiger partial charge in [0.1, 0.15) is 6.61 Å². The average molecular weight is 237 g/mol. The van der Waals surface area contributed by atoms with Crippen molar-refractivity contribution in [2.24, 2.45) is 4.99 Å². The van der Waals surface area contributed by atoms with E-state index in [4.69, 9.17) is 4.74 Å². The Kier molecular flexibility index (Phi) is 2.65. The Morgan fingerprint density at radius 3 is 2.33 bits per heavy atom. The zero-order chi connectivity index (χ0) is 12.4. The molecule has 1 aliphatic rings. The number of hydrogen-bond acceptors (Lipinski definition) is 2. The van der Waals surface area contributed by atoms with E-state index >= 15 is 0 Å². The van der Waals surface area contributed by atoms with E-state index in [1.165, 1.54) is 0 Å². The highest BCUT2D eigenvalue weighted by molar-refractivity contribution is 6.18. The van der Waals surface area contributed by atoms with Gasteiger partial charge in [0, 0.05) is 5.56 Å². The first-order valence-corrected chi connectivity index (χ1v) is 5.74. The van der Waals surface area contributed by atoms with Gasteiger partial charge in [-0.1, -0.05) is 42.5 Å². The van der Waals surface area contributed by atoms with E-state index in [1.54, 1.807) is 6.07 Å². The fourth-order valence-electron chi connectivity index (χ4n) is 1.90. The normalized spacial score (nSPS) is 13.1. The topological polar surface area (TPSA) is 38.7 Å². The monoisotopic (exact) mass is 237 g/mol. The number of hydrogen-bond donors (Lipinski definition) is 0. The van der Waals surface area contributed by atoms with Crippen molar-refractivity contribution in [2.45, 2.75) is 6.61 Å². The van der Waals surface area contributed by atoms with Gasteiger partial charge in [0.15, 0.2) is 0 Å². The highest BCUT2D eigenvalue weighted by Crippen LogP contribution is 2.19. The molecule has 0 atom stereocenters. The predicted octanol–water partition coefficient (Wildman–Crippen LogP) is 2.80. The molecule has 0 saturated carbocycles. The maximum Gasteiger partial charge on any atom is 0.281 e. The van der Waals surface area contributed by atoms with Crippen LogP contribution >= 0.6 is 0 Å². The van der Waals surface area contributed by atoms with Crippen LogP contribution in [0.1, 0.15) is 21.5 Å². The van der Waals surface area contributed by atoms with Gasteiger partial charge in [-0.2, -0.15) is 4.99 Å². The number of carbonyl (C=O) groups excluding carboxylic acids is 1. The van der Waals surface area contributed by atoms with Gasteiger partial charge in [-0.3, -0.25) is 4.79 Å². The summed E-state index contributed by atoms with van der Waals surface area (Å²) in [6, 6.07) is 17.1. The van der Waals surface area contributed by atoms with Crippen LogP contribution in [0.25, 0.3) is 0 Å². The molecule has 0 radical (unpaired) electrons. The first-order valence-electron chi connectivity index (χ1n) is 5.74. The Hall–Kier alpha value is -2.42. The lowest BCUT2D eigenvalue weighted by Gasteiger charge is -2.06. The molecule has 1 heterocycles. The Morgan fingerprint density at radius 2 is 1.56 bits per heavy atom. The third-order valence-corrected chi connectivity index (χ3v) is 2.81. The van der Waals surface area contributed by atoms with E-state index in [9.17, 15) is 4.79 Å². The first-order chi connectivity index (χ1) is 8.84. The van der Waals surface area contributed by atoms with Gasteiger partial charge in [-0.25, -0.2) is 0 Å². The lowest BCUT2D eigenvalue weighted by molar-refractivity contribution is 0.100. The van der Waals surface area contributed by atoms with Crippen molar-refractivity contribution in [3.05, 3.63) is 71.3 Å². The number of nitrogens with zero attached hydrogens (tertiary/aromatic N) is 1. The summed E-state index contributed by atoms with van der Waals surface area (Å²) in [7, 11) is 0. The Labute approximate surface area is 105 Å². The van der Waals surface area contributed by atoms with Crippen LogP contribution in [0.3, 0.4) is 0 Å². The maximum atomic E-state index is 11.6. The minimum absolute atomic E-state index is 0.228. The van der Waals surface area contributed by atoms with Crippen LogP contribution < -0.4 is 0 Å². The molecule has 1 amide bonds. The number of benzene rings is 2. The van der Waals surface area contributed by atoms with Crippen LogP contribution in [0.15, 0.2) is 59.6 Å². The Morgan fingerprint density at radius 1 is 0.889 bits per heavy atom. The molecule has 1 aliphatic heterocycles. The average Bonchev–Trinajstić information content (AvgIpc) is 2.75. The molecule has 0 aromatic heterocycles. The quantitative estimate of drug-likeness (QED) is 0.805. The van der Waals surface area contributed by atoms with Gasteiger partial charge in [-0.15, -0.1) is 0 Å². The number of fused-ring (bicyclic) bond motifs is 1. The van der Waals surface area contributed by atoms with Gasteiger partial charge in [0.05, 0.1) is 5.56 Å². The third kappa shape index (κ3) is 1.91. The number of rotatable bonds is 2. The minimum Gasteiger partial charge on any atom is -0.472 e. The second-order valence-corrected chi connectivity index (χ2v) is 4.04. The highest BCUT2D eigenvalue weighted by atomic mass is 16.5. The molecular formula is C15H11NO2. The molecule has 0 N–H and O–H groups in total. The third-order valence-electron chi connectivity index (χ3n) is 2.81. The summed E-state index contributed by atoms with van der Waals surface area (Å²) in [6.45, 7) is 0.418. The standard InChI is InChI=1S/C15H11NO2/c17-14-12-8-4-5-9-13(12)15(16-14)18-10-11-6-2-1-3-7-11/h1-9H,10H2. The van der Waals surface area contributed by atoms with Crippen molar-refractivity contribution < 1.29 is 9.53 Å². The second kappa shape index (κ2) is 4.45. The number of amides is 1. The zero-order valence-electron chi connectivity index (χ0n) is 9.67. The van der Waals surface area contributed by atoms with E-state index < -0.39 is 0 Å². The summed E-state index contributed by atoms with van der Waals surface area (Å²) in [5, 5.41) is 0. The fraction of sp³-hybridized carbons (Fsp3) is 0.0667. The lowest BCUT2D eigenvalue weighted by Crippen LogP contribution is -2.04. The molecule has 18 heavy (non-hydrogen) atoms. The summed E-state index contributed by atoms with van der Waals surface area (Å²) in [5.41, 5.74) is 2.44. The maximum absolute atomic E-state index is 11.6. The molecule has 2 aromatic carbocycles. The van der Waals surface area contributed by atoms with Crippen LogP contribution in [0, 0.1) is 0 Å². The van der Waals surface area contributed by atoms with Crippen molar-refractivity contribution in [1.29, 1.82) is 0 Å². The number of carbonyl (C=O) groups is 1. The van der Waals surface area contributed by atoms with Crippen LogP contribution in [-0.4, -0.2) is 11.8 Å². The molecule has 0 saturated heterocycles. The summed E-state index contributed by atoms with van der Waals surface area (Å²) in [6.07, 6.45) is 0. The minimum atomic E-state index is -0.228. The van der Waals surface area contributed by atoms with E-state index in [2.05, 4.69) is 4.99 Å². The molecule has 2 aromatic rings. The van der Waals surface area contributed by atoms with Gasteiger partial charge in [0.25, 0.3) is 5.91 Å². The van der Waals surface area contributed by atoms with Gasteiger partial charge >= 0.3 is 0 Å². The van der Waals surface area contributed by atoms with E-state index in [0.717, 1.165) is 11.1 Å². The lowest BCUT2D eigenvalue weighted by atomic mass is 10.1. The molecule has 0 bridgehead atoms. The van der Waals surface area contributed by atoms with Crippen molar-refractivity contribution in [3.8, 4) is 0 Å². The highest BCUT2D eigenvalue weighted by Gasteiger charge is 2.23. The zero-order valence-corrected chi connectivity index (χ0v) is 9.67. The molecule has 0 fully saturated rings. The largest absolute Gasteiger partial charge is 0.472 e. The van der Waals surface area contributed by atoms with E-state index in [1.807, 2.05) is 48.5 Å². The smallest absolute Gasteiger partial charge is 0.281 e. The van der Waals surface area contributed by atoms with Crippen molar-refractivity contribution in [1.82, 2.24) is 0 Å². The predicted molar refractivity (Wildman–Crippen MR) is 68.5 cm³/mol. The molecule has 3 rings (SSSR count). The molecule has 88 valence electrons. The van der Waals surface area contributed by atoms with Crippen LogP contribution in [-0.2, 0) is 11.3 Å². The van der Waals surface area contributed by atoms with Crippen LogP contribution in [0.2, 0.25) is 0 Å². The van der Waals surface area contributed by atoms with Crippen molar-refractivity contribution >= 4 is 11.8 Å². The Bertz CT molecular complexity index is 617. The summed E-state index contributed by atoms with van der Waals surface area (Å²) in [5.74, 6) is 0.188. The molecule has 3 nitrogen and oxygen atoms in total. The molecule has 3 heteroatoms. The molecule has 0 spiro atoms.